The predicted molar refractivity (Wildman–Crippen MR) is 47.2 cm³/mol. The van der Waals surface area contributed by atoms with Gasteiger partial charge in [0, 0.05) is 8.41 Å². The van der Waals surface area contributed by atoms with Crippen molar-refractivity contribution >= 4 is 16.3 Å². The van der Waals surface area contributed by atoms with Crippen molar-refractivity contribution in [3.8, 4) is 12.1 Å². The Bertz CT molecular complexity index is 107. The zero-order valence-electron chi connectivity index (χ0n) is 6.60. The van der Waals surface area contributed by atoms with Gasteiger partial charge in [-0.05, 0) is 19.7 Å². The summed E-state index contributed by atoms with van der Waals surface area (Å²) in [7, 11) is -0.192. The second-order valence-corrected chi connectivity index (χ2v) is 5.58. The predicted octanol–water partition coefficient (Wildman–Crippen LogP) is 2.11. The Labute approximate surface area is 61.7 Å². The standard InChI is InChI=1S/C7H13P.B/c1-6-8(5)7(2,3)4;/h1H,2-5H3;/t8-;/m0./s1. The number of hydrogen-bond acceptors (Lipinski definition) is 0. The minimum absolute atomic E-state index is 0. The molecular formula is C7H13BP. The van der Waals surface area contributed by atoms with Crippen LogP contribution in [0.25, 0.3) is 0 Å². The number of hydrogen-bond donors (Lipinski definition) is 0. The SMILES string of the molecule is C#C[P@](C)C(C)(C)C.[B]. The highest BCUT2D eigenvalue weighted by Gasteiger charge is 2.16. The summed E-state index contributed by atoms with van der Waals surface area (Å²) in [4.78, 5) is 0. The molecule has 9 heavy (non-hydrogen) atoms. The fraction of sp³-hybridized carbons (Fsp3) is 0.714. The molecule has 0 saturated carbocycles. The molecule has 49 valence electrons. The second-order valence-electron chi connectivity index (χ2n) is 2.86. The lowest BCUT2D eigenvalue weighted by Crippen LogP contribution is -2.08. The van der Waals surface area contributed by atoms with Crippen LogP contribution in [0.3, 0.4) is 0 Å². The average Bonchev–Trinajstić information content (AvgIpc) is 1.62. The molecule has 0 aromatic heterocycles. The van der Waals surface area contributed by atoms with Crippen molar-refractivity contribution < 1.29 is 0 Å². The lowest BCUT2D eigenvalue weighted by Gasteiger charge is -2.21. The molecule has 0 spiro atoms. The number of terminal acetylenes is 1. The summed E-state index contributed by atoms with van der Waals surface area (Å²) in [6, 6.07) is 0. The Hall–Kier alpha value is 0.0549. The molecule has 2 heteroatoms. The van der Waals surface area contributed by atoms with Crippen molar-refractivity contribution in [1.82, 2.24) is 0 Å². The molecule has 0 aliphatic rings. The van der Waals surface area contributed by atoms with Crippen LogP contribution in [0.15, 0.2) is 0 Å². The zero-order valence-corrected chi connectivity index (χ0v) is 7.50. The van der Waals surface area contributed by atoms with Crippen LogP contribution in [0.4, 0.5) is 0 Å². The maximum Gasteiger partial charge on any atom is 0 e. The zero-order chi connectivity index (χ0) is 6.78. The van der Waals surface area contributed by atoms with Gasteiger partial charge in [0.2, 0.25) is 0 Å². The molecule has 0 rings (SSSR count). The van der Waals surface area contributed by atoms with Gasteiger partial charge in [-0.25, -0.2) is 0 Å². The van der Waals surface area contributed by atoms with Crippen LogP contribution in [0.2, 0.25) is 0 Å². The van der Waals surface area contributed by atoms with E-state index in [1.807, 2.05) is 0 Å². The summed E-state index contributed by atoms with van der Waals surface area (Å²) in [6.45, 7) is 8.67. The summed E-state index contributed by atoms with van der Waals surface area (Å²) < 4.78 is 0. The molecule has 0 aromatic carbocycles. The smallest absolute Gasteiger partial charge is 0 e. The first-order chi connectivity index (χ1) is 3.48. The van der Waals surface area contributed by atoms with Gasteiger partial charge in [-0.1, -0.05) is 26.4 Å². The molecule has 3 radical (unpaired) electrons. The van der Waals surface area contributed by atoms with Crippen molar-refractivity contribution in [3.63, 3.8) is 0 Å². The van der Waals surface area contributed by atoms with Gasteiger partial charge in [0.1, 0.15) is 0 Å². The third kappa shape index (κ3) is 4.55. The molecule has 0 aliphatic carbocycles. The third-order valence-electron chi connectivity index (χ3n) is 1.20. The lowest BCUT2D eigenvalue weighted by molar-refractivity contribution is 0.791. The second kappa shape index (κ2) is 3.97. The Morgan fingerprint density at radius 1 is 1.33 bits per heavy atom. The maximum absolute atomic E-state index is 5.24. The summed E-state index contributed by atoms with van der Waals surface area (Å²) >= 11 is 0. The van der Waals surface area contributed by atoms with E-state index in [1.54, 1.807) is 0 Å². The van der Waals surface area contributed by atoms with Crippen LogP contribution in [0.1, 0.15) is 20.8 Å². The van der Waals surface area contributed by atoms with Gasteiger partial charge in [-0.15, -0.1) is 6.42 Å². The van der Waals surface area contributed by atoms with E-state index in [0.717, 1.165) is 0 Å². The van der Waals surface area contributed by atoms with E-state index in [2.05, 4.69) is 33.1 Å². The molecule has 0 bridgehead atoms. The Balaban J connectivity index is 0. The lowest BCUT2D eigenvalue weighted by atomic mass is 10.3. The van der Waals surface area contributed by atoms with Gasteiger partial charge in [-0.3, -0.25) is 0 Å². The van der Waals surface area contributed by atoms with Gasteiger partial charge in [-0.2, -0.15) is 0 Å². The van der Waals surface area contributed by atoms with Crippen molar-refractivity contribution in [1.29, 1.82) is 0 Å². The van der Waals surface area contributed by atoms with E-state index in [1.165, 1.54) is 0 Å². The highest BCUT2D eigenvalue weighted by Crippen LogP contribution is 2.43. The largest absolute Gasteiger partial charge is 0.115 e. The summed E-state index contributed by atoms with van der Waals surface area (Å²) in [5.74, 6) is 0. The van der Waals surface area contributed by atoms with Gasteiger partial charge in [0.25, 0.3) is 0 Å². The molecule has 0 nitrogen and oxygen atoms in total. The van der Waals surface area contributed by atoms with Crippen molar-refractivity contribution in [2.45, 2.75) is 25.9 Å². The van der Waals surface area contributed by atoms with Crippen LogP contribution in [-0.2, 0) is 0 Å². The summed E-state index contributed by atoms with van der Waals surface area (Å²) in [6.07, 6.45) is 5.24. The minimum atomic E-state index is -0.192. The number of rotatable bonds is 0. The molecule has 0 saturated heterocycles. The fourth-order valence-electron chi connectivity index (χ4n) is 0.194. The molecule has 0 fully saturated rings. The van der Waals surface area contributed by atoms with Crippen LogP contribution in [-0.4, -0.2) is 20.2 Å². The quantitative estimate of drug-likeness (QED) is 0.274. The monoisotopic (exact) mass is 139 g/mol. The van der Waals surface area contributed by atoms with Crippen LogP contribution in [0, 0.1) is 12.1 Å². The molecule has 0 N–H and O–H groups in total. The molecule has 1 atom stereocenters. The topological polar surface area (TPSA) is 0 Å². The summed E-state index contributed by atoms with van der Waals surface area (Å²) in [5.41, 5.74) is 2.77. The fourth-order valence-corrected chi connectivity index (χ4v) is 0.581. The van der Waals surface area contributed by atoms with Crippen molar-refractivity contribution in [3.05, 3.63) is 0 Å². The highest BCUT2D eigenvalue weighted by atomic mass is 31.1. The first-order valence-electron chi connectivity index (χ1n) is 2.68. The Morgan fingerprint density at radius 3 is 1.67 bits per heavy atom. The van der Waals surface area contributed by atoms with Gasteiger partial charge in [0.15, 0.2) is 0 Å². The molecule has 0 heterocycles. The van der Waals surface area contributed by atoms with E-state index in [0.29, 0.717) is 5.16 Å². The van der Waals surface area contributed by atoms with Gasteiger partial charge >= 0.3 is 0 Å². The van der Waals surface area contributed by atoms with E-state index >= 15 is 0 Å². The summed E-state index contributed by atoms with van der Waals surface area (Å²) in [5, 5.41) is 0.337. The van der Waals surface area contributed by atoms with Crippen molar-refractivity contribution in [2.75, 3.05) is 6.66 Å². The average molecular weight is 139 g/mol. The highest BCUT2D eigenvalue weighted by molar-refractivity contribution is 7.63. The maximum atomic E-state index is 5.24. The first-order valence-corrected chi connectivity index (χ1v) is 4.47. The van der Waals surface area contributed by atoms with Crippen LogP contribution in [0.5, 0.6) is 0 Å². The molecule has 0 unspecified atom stereocenters. The van der Waals surface area contributed by atoms with Crippen LogP contribution < -0.4 is 0 Å². The third-order valence-corrected chi connectivity index (χ3v) is 3.60. The van der Waals surface area contributed by atoms with E-state index in [9.17, 15) is 0 Å². The van der Waals surface area contributed by atoms with E-state index < -0.39 is 0 Å². The van der Waals surface area contributed by atoms with E-state index in [-0.39, 0.29) is 16.3 Å². The molecular weight excluding hydrogens is 126 g/mol. The molecule has 0 amide bonds. The molecule has 0 aliphatic heterocycles. The van der Waals surface area contributed by atoms with E-state index in [4.69, 9.17) is 6.42 Å². The minimum Gasteiger partial charge on any atom is -0.115 e. The van der Waals surface area contributed by atoms with Crippen molar-refractivity contribution in [2.24, 2.45) is 0 Å². The normalized spacial score (nSPS) is 13.2. The Morgan fingerprint density at radius 2 is 1.67 bits per heavy atom. The van der Waals surface area contributed by atoms with Gasteiger partial charge < -0.3 is 0 Å². The first kappa shape index (κ1) is 11.8. The molecule has 0 aromatic rings. The van der Waals surface area contributed by atoms with Crippen LogP contribution >= 0.6 is 7.92 Å². The Kier molecular flexibility index (Phi) is 5.20. The van der Waals surface area contributed by atoms with Gasteiger partial charge in [0.05, 0.1) is 0 Å².